The fourth-order valence-corrected chi connectivity index (χ4v) is 3.78. The predicted molar refractivity (Wildman–Crippen MR) is 115 cm³/mol. The molecule has 3 aromatic carbocycles. The Morgan fingerprint density at radius 1 is 0.733 bits per heavy atom. The Balaban J connectivity index is 1.85. The first-order chi connectivity index (χ1) is 14.7. The largest absolute Gasteiger partial charge is 0.495 e. The number of methoxy groups -OCH3 is 2. The number of amides is 2. The zero-order chi connectivity index (χ0) is 21.1. The van der Waals surface area contributed by atoms with E-state index in [0.717, 1.165) is 5.56 Å². The number of piperazine rings is 1. The average molecular weight is 402 g/mol. The van der Waals surface area contributed by atoms with Crippen molar-refractivity contribution in [1.82, 2.24) is 0 Å². The van der Waals surface area contributed by atoms with E-state index in [2.05, 4.69) is 0 Å². The van der Waals surface area contributed by atoms with Crippen LogP contribution >= 0.6 is 0 Å². The Morgan fingerprint density at radius 3 is 1.90 bits per heavy atom. The molecule has 1 saturated heterocycles. The lowest BCUT2D eigenvalue weighted by molar-refractivity contribution is -0.128. The van der Waals surface area contributed by atoms with Crippen molar-refractivity contribution in [3.05, 3.63) is 84.4 Å². The van der Waals surface area contributed by atoms with Crippen molar-refractivity contribution >= 4 is 23.2 Å². The van der Waals surface area contributed by atoms with Gasteiger partial charge in [0.15, 0.2) is 0 Å². The van der Waals surface area contributed by atoms with Crippen molar-refractivity contribution in [1.29, 1.82) is 0 Å². The molecule has 0 bridgehead atoms. The zero-order valence-electron chi connectivity index (χ0n) is 16.8. The van der Waals surface area contributed by atoms with Crippen LogP contribution in [0.15, 0.2) is 78.9 Å². The van der Waals surface area contributed by atoms with Crippen LogP contribution < -0.4 is 19.3 Å². The van der Waals surface area contributed by atoms with Crippen molar-refractivity contribution in [3.63, 3.8) is 0 Å². The molecular weight excluding hydrogens is 380 g/mol. The zero-order valence-corrected chi connectivity index (χ0v) is 16.8. The summed E-state index contributed by atoms with van der Waals surface area (Å²) in [5.74, 6) is 0.650. The SMILES string of the molecule is COc1ccccc1N1CC(=O)N(c2ccccc2OC)[C@H](c2ccccc2)C1=O. The number of hydrogen-bond acceptors (Lipinski definition) is 4. The summed E-state index contributed by atoms with van der Waals surface area (Å²) < 4.78 is 10.9. The van der Waals surface area contributed by atoms with Gasteiger partial charge in [-0.25, -0.2) is 0 Å². The van der Waals surface area contributed by atoms with Crippen molar-refractivity contribution in [3.8, 4) is 11.5 Å². The van der Waals surface area contributed by atoms with Crippen LogP contribution in [0.2, 0.25) is 0 Å². The van der Waals surface area contributed by atoms with Crippen LogP contribution in [0.25, 0.3) is 0 Å². The minimum atomic E-state index is -0.825. The summed E-state index contributed by atoms with van der Waals surface area (Å²) in [5, 5.41) is 0. The third kappa shape index (κ3) is 3.37. The number of carbonyl (C=O) groups is 2. The van der Waals surface area contributed by atoms with Crippen LogP contribution in [0.5, 0.6) is 11.5 Å². The van der Waals surface area contributed by atoms with Crippen LogP contribution in [0.1, 0.15) is 11.6 Å². The van der Waals surface area contributed by atoms with Gasteiger partial charge in [-0.1, -0.05) is 54.6 Å². The van der Waals surface area contributed by atoms with E-state index in [-0.39, 0.29) is 18.4 Å². The summed E-state index contributed by atoms with van der Waals surface area (Å²) in [6, 6.07) is 22.9. The van der Waals surface area contributed by atoms with Gasteiger partial charge >= 0.3 is 0 Å². The van der Waals surface area contributed by atoms with Gasteiger partial charge in [-0.2, -0.15) is 0 Å². The monoisotopic (exact) mass is 402 g/mol. The predicted octanol–water partition coefficient (Wildman–Crippen LogP) is 3.82. The maximum absolute atomic E-state index is 13.8. The van der Waals surface area contributed by atoms with E-state index >= 15 is 0 Å². The lowest BCUT2D eigenvalue weighted by atomic mass is 9.99. The van der Waals surface area contributed by atoms with Crippen molar-refractivity contribution in [2.24, 2.45) is 0 Å². The molecule has 0 N–H and O–H groups in total. The molecule has 152 valence electrons. The number of para-hydroxylation sites is 4. The quantitative estimate of drug-likeness (QED) is 0.651. The first-order valence-electron chi connectivity index (χ1n) is 9.60. The van der Waals surface area contributed by atoms with Gasteiger partial charge in [-0.05, 0) is 29.8 Å². The molecule has 1 fully saturated rings. The van der Waals surface area contributed by atoms with Crippen molar-refractivity contribution in [2.75, 3.05) is 30.6 Å². The van der Waals surface area contributed by atoms with Gasteiger partial charge in [0.2, 0.25) is 5.91 Å². The van der Waals surface area contributed by atoms with Gasteiger partial charge in [-0.15, -0.1) is 0 Å². The summed E-state index contributed by atoms with van der Waals surface area (Å²) in [7, 11) is 3.10. The molecule has 6 nitrogen and oxygen atoms in total. The van der Waals surface area contributed by atoms with Crippen LogP contribution in [0.4, 0.5) is 11.4 Å². The minimum Gasteiger partial charge on any atom is -0.495 e. The molecule has 4 rings (SSSR count). The molecule has 3 aromatic rings. The summed E-state index contributed by atoms with van der Waals surface area (Å²) in [6.07, 6.45) is 0. The Labute approximate surface area is 175 Å². The van der Waals surface area contributed by atoms with E-state index in [1.165, 1.54) is 9.80 Å². The number of carbonyl (C=O) groups excluding carboxylic acids is 2. The molecule has 0 saturated carbocycles. The highest BCUT2D eigenvalue weighted by molar-refractivity contribution is 6.15. The number of ether oxygens (including phenoxy) is 2. The normalized spacial score (nSPS) is 16.5. The molecule has 0 unspecified atom stereocenters. The highest BCUT2D eigenvalue weighted by Gasteiger charge is 2.43. The minimum absolute atomic E-state index is 0.0966. The summed E-state index contributed by atoms with van der Waals surface area (Å²) in [4.78, 5) is 30.2. The van der Waals surface area contributed by atoms with Gasteiger partial charge in [0, 0.05) is 0 Å². The molecule has 1 heterocycles. The molecule has 1 aliphatic heterocycles. The van der Waals surface area contributed by atoms with E-state index in [0.29, 0.717) is 22.9 Å². The molecule has 1 atom stereocenters. The van der Waals surface area contributed by atoms with Gasteiger partial charge in [-0.3, -0.25) is 19.4 Å². The van der Waals surface area contributed by atoms with Crippen LogP contribution in [-0.4, -0.2) is 32.6 Å². The molecule has 0 aliphatic carbocycles. The van der Waals surface area contributed by atoms with Crippen molar-refractivity contribution < 1.29 is 19.1 Å². The number of hydrogen-bond donors (Lipinski definition) is 0. The average Bonchev–Trinajstić information content (AvgIpc) is 2.80. The molecule has 2 amide bonds. The Bertz CT molecular complexity index is 1070. The number of rotatable bonds is 5. The summed E-state index contributed by atoms with van der Waals surface area (Å²) >= 11 is 0. The highest BCUT2D eigenvalue weighted by atomic mass is 16.5. The Morgan fingerprint density at radius 2 is 1.27 bits per heavy atom. The van der Waals surface area contributed by atoms with E-state index < -0.39 is 6.04 Å². The molecule has 0 aromatic heterocycles. The second-order valence-electron chi connectivity index (χ2n) is 6.85. The summed E-state index contributed by atoms with van der Waals surface area (Å²) in [5.41, 5.74) is 1.85. The van der Waals surface area contributed by atoms with Gasteiger partial charge in [0.05, 0.1) is 25.6 Å². The highest BCUT2D eigenvalue weighted by Crippen LogP contribution is 2.40. The van der Waals surface area contributed by atoms with E-state index in [9.17, 15) is 9.59 Å². The first-order valence-corrected chi connectivity index (χ1v) is 9.60. The molecule has 0 spiro atoms. The second kappa shape index (κ2) is 8.29. The molecular formula is C24H22N2O4. The maximum atomic E-state index is 13.8. The number of anilines is 2. The van der Waals surface area contributed by atoms with Crippen LogP contribution in [0, 0.1) is 0 Å². The Hall–Kier alpha value is -3.80. The number of benzene rings is 3. The molecule has 6 heteroatoms. The lowest BCUT2D eigenvalue weighted by Gasteiger charge is -2.41. The lowest BCUT2D eigenvalue weighted by Crippen LogP contribution is -2.56. The molecule has 0 radical (unpaired) electrons. The molecule has 30 heavy (non-hydrogen) atoms. The van der Waals surface area contributed by atoms with Crippen LogP contribution in [-0.2, 0) is 9.59 Å². The van der Waals surface area contributed by atoms with Gasteiger partial charge in [0.25, 0.3) is 5.91 Å². The van der Waals surface area contributed by atoms with Gasteiger partial charge < -0.3 is 9.47 Å². The van der Waals surface area contributed by atoms with E-state index in [1.54, 1.807) is 38.5 Å². The standard InChI is InChI=1S/C24H22N2O4/c1-29-20-14-8-6-12-18(20)25-16-22(27)26(19-13-7-9-15-21(19)30-2)23(24(25)28)17-10-4-3-5-11-17/h3-15,23H,16H2,1-2H3/t23-/m1/s1. The van der Waals surface area contributed by atoms with Crippen LogP contribution in [0.3, 0.4) is 0 Å². The smallest absolute Gasteiger partial charge is 0.255 e. The number of nitrogens with zero attached hydrogens (tertiary/aromatic N) is 2. The van der Waals surface area contributed by atoms with E-state index in [1.807, 2.05) is 54.6 Å². The fraction of sp³-hybridized carbons (Fsp3) is 0.167. The summed E-state index contributed by atoms with van der Waals surface area (Å²) in [6.45, 7) is -0.0966. The topological polar surface area (TPSA) is 59.1 Å². The fourth-order valence-electron chi connectivity index (χ4n) is 3.78. The van der Waals surface area contributed by atoms with Crippen molar-refractivity contribution in [2.45, 2.75) is 6.04 Å². The third-order valence-electron chi connectivity index (χ3n) is 5.16. The Kier molecular flexibility index (Phi) is 5.39. The third-order valence-corrected chi connectivity index (χ3v) is 5.16. The second-order valence-corrected chi connectivity index (χ2v) is 6.85. The van der Waals surface area contributed by atoms with Gasteiger partial charge in [0.1, 0.15) is 24.1 Å². The first kappa shape index (κ1) is 19.5. The maximum Gasteiger partial charge on any atom is 0.255 e. The molecule has 1 aliphatic rings. The van der Waals surface area contributed by atoms with E-state index in [4.69, 9.17) is 9.47 Å².